The topological polar surface area (TPSA) is 61.4 Å². The van der Waals surface area contributed by atoms with E-state index in [2.05, 4.69) is 10.6 Å². The van der Waals surface area contributed by atoms with E-state index in [0.717, 1.165) is 24.3 Å². The van der Waals surface area contributed by atoms with Crippen LogP contribution in [0, 0.1) is 0 Å². The number of benzene rings is 2. The zero-order chi connectivity index (χ0) is 22.9. The maximum Gasteiger partial charge on any atom is 0.421 e. The molecule has 0 fully saturated rings. The van der Waals surface area contributed by atoms with E-state index in [1.54, 1.807) is 0 Å². The first-order valence-electron chi connectivity index (χ1n) is 8.12. The number of nitrogens with one attached hydrogen (secondary N) is 2. The van der Waals surface area contributed by atoms with E-state index in [1.165, 1.54) is 12.1 Å². The van der Waals surface area contributed by atoms with Gasteiger partial charge in [-0.1, -0.05) is 35.3 Å². The van der Waals surface area contributed by atoms with Gasteiger partial charge >= 0.3 is 18.4 Å². The average Bonchev–Trinajstić information content (AvgIpc) is 2.61. The van der Waals surface area contributed by atoms with Gasteiger partial charge in [0.05, 0.1) is 21.3 Å². The fraction of sp³-hybridized carbons (Fsp3) is 0.278. The number of halogens is 8. The Kier molecular flexibility index (Phi) is 6.85. The summed E-state index contributed by atoms with van der Waals surface area (Å²) in [6.45, 7) is 0.388. The summed E-state index contributed by atoms with van der Waals surface area (Å²) in [4.78, 5) is 12.0. The van der Waals surface area contributed by atoms with Crippen molar-refractivity contribution in [1.82, 2.24) is 5.32 Å². The van der Waals surface area contributed by atoms with Crippen molar-refractivity contribution in [2.75, 3.05) is 5.32 Å². The summed E-state index contributed by atoms with van der Waals surface area (Å²) in [5, 5.41) is 13.6. The van der Waals surface area contributed by atoms with E-state index in [0.29, 0.717) is 12.5 Å². The van der Waals surface area contributed by atoms with E-state index >= 15 is 0 Å². The van der Waals surface area contributed by atoms with Crippen LogP contribution < -0.4 is 10.6 Å². The number of aliphatic hydroxyl groups is 1. The number of hydrogen-bond acceptors (Lipinski definition) is 2. The number of anilines is 1. The molecule has 0 radical (unpaired) electrons. The fourth-order valence-electron chi connectivity index (χ4n) is 2.29. The second-order valence-electron chi connectivity index (χ2n) is 6.39. The third-order valence-electron chi connectivity index (χ3n) is 4.13. The second kappa shape index (κ2) is 8.52. The van der Waals surface area contributed by atoms with Gasteiger partial charge in [-0.2, -0.15) is 26.3 Å². The Bertz CT molecular complexity index is 905. The molecule has 0 unspecified atom stereocenters. The van der Waals surface area contributed by atoms with E-state index in [1.807, 2.05) is 0 Å². The lowest BCUT2D eigenvalue weighted by atomic mass is 9.95. The Morgan fingerprint density at radius 2 is 1.47 bits per heavy atom. The molecule has 0 heterocycles. The summed E-state index contributed by atoms with van der Waals surface area (Å²) in [6.07, 6.45) is -9.48. The Labute approximate surface area is 176 Å². The minimum Gasteiger partial charge on any atom is -0.376 e. The molecule has 0 saturated heterocycles. The lowest BCUT2D eigenvalue weighted by Crippen LogP contribution is -2.39. The first-order valence-corrected chi connectivity index (χ1v) is 8.88. The molecule has 0 aliphatic rings. The molecular weight excluding hydrogens is 461 g/mol. The van der Waals surface area contributed by atoms with E-state index in [4.69, 9.17) is 23.2 Å². The van der Waals surface area contributed by atoms with Crippen LogP contribution in [0.1, 0.15) is 23.6 Å². The molecule has 2 rings (SSSR count). The van der Waals surface area contributed by atoms with Crippen LogP contribution in [-0.2, 0) is 18.3 Å². The summed E-state index contributed by atoms with van der Waals surface area (Å²) in [5.41, 5.74) is -4.52. The van der Waals surface area contributed by atoms with E-state index < -0.39 is 35.1 Å². The highest BCUT2D eigenvalue weighted by Gasteiger charge is 2.51. The number of alkyl halides is 6. The lowest BCUT2D eigenvalue weighted by Gasteiger charge is -2.27. The van der Waals surface area contributed by atoms with Gasteiger partial charge in [-0.25, -0.2) is 4.79 Å². The lowest BCUT2D eigenvalue weighted by molar-refractivity contribution is -0.258. The largest absolute Gasteiger partial charge is 0.421 e. The highest BCUT2D eigenvalue weighted by atomic mass is 35.5. The van der Waals surface area contributed by atoms with Crippen molar-refractivity contribution in [3.8, 4) is 0 Å². The van der Waals surface area contributed by atoms with Crippen molar-refractivity contribution in [2.24, 2.45) is 0 Å². The third kappa shape index (κ3) is 5.50. The van der Waals surface area contributed by atoms with Crippen LogP contribution in [0.5, 0.6) is 0 Å². The molecule has 12 heteroatoms. The molecule has 2 aromatic carbocycles. The maximum atomic E-state index is 13.0. The van der Waals surface area contributed by atoms with Gasteiger partial charge in [-0.3, -0.25) is 0 Å². The summed E-state index contributed by atoms with van der Waals surface area (Å²) in [6, 6.07) is 4.84. The SMILES string of the molecule is C[C@](O)(c1cc(Cl)c(NC(=O)NCc2ccc(C(F)(F)F)cc2)c(Cl)c1)C(F)(F)F. The minimum atomic E-state index is -4.99. The first-order chi connectivity index (χ1) is 13.6. The van der Waals surface area contributed by atoms with Gasteiger partial charge in [0, 0.05) is 6.54 Å². The van der Waals surface area contributed by atoms with Crippen molar-refractivity contribution in [3.63, 3.8) is 0 Å². The van der Waals surface area contributed by atoms with Crippen LogP contribution in [0.15, 0.2) is 36.4 Å². The van der Waals surface area contributed by atoms with Gasteiger partial charge in [0.15, 0.2) is 5.60 Å². The number of rotatable bonds is 4. The molecule has 4 nitrogen and oxygen atoms in total. The van der Waals surface area contributed by atoms with Crippen LogP contribution in [0.25, 0.3) is 0 Å². The molecule has 30 heavy (non-hydrogen) atoms. The molecular formula is C18H14Cl2F6N2O2. The van der Waals surface area contributed by atoms with E-state index in [-0.39, 0.29) is 22.3 Å². The van der Waals surface area contributed by atoms with Crippen LogP contribution in [-0.4, -0.2) is 17.3 Å². The molecule has 0 aliphatic heterocycles. The Balaban J connectivity index is 2.08. The highest BCUT2D eigenvalue weighted by Crippen LogP contribution is 2.42. The highest BCUT2D eigenvalue weighted by molar-refractivity contribution is 6.39. The average molecular weight is 475 g/mol. The number of urea groups is 1. The monoisotopic (exact) mass is 474 g/mol. The van der Waals surface area contributed by atoms with Gasteiger partial charge in [0.1, 0.15) is 0 Å². The number of carbonyl (C=O) groups is 1. The first kappa shape index (κ1) is 24.1. The molecule has 164 valence electrons. The third-order valence-corrected chi connectivity index (χ3v) is 4.73. The van der Waals surface area contributed by atoms with Gasteiger partial charge < -0.3 is 15.7 Å². The fourth-order valence-corrected chi connectivity index (χ4v) is 2.87. The molecule has 0 spiro atoms. The van der Waals surface area contributed by atoms with Gasteiger partial charge in [-0.15, -0.1) is 0 Å². The number of amides is 2. The number of carbonyl (C=O) groups excluding carboxylic acids is 1. The Morgan fingerprint density at radius 3 is 1.90 bits per heavy atom. The summed E-state index contributed by atoms with van der Waals surface area (Å²) < 4.78 is 76.5. The zero-order valence-electron chi connectivity index (χ0n) is 15.1. The summed E-state index contributed by atoms with van der Waals surface area (Å²) in [7, 11) is 0. The predicted octanol–water partition coefficient (Wildman–Crippen LogP) is 6.10. The Morgan fingerprint density at radius 1 is 0.967 bits per heavy atom. The van der Waals surface area contributed by atoms with Crippen LogP contribution in [0.3, 0.4) is 0 Å². The molecule has 0 aromatic heterocycles. The molecule has 1 atom stereocenters. The smallest absolute Gasteiger partial charge is 0.376 e. The van der Waals surface area contributed by atoms with Gasteiger partial charge in [0.25, 0.3) is 0 Å². The van der Waals surface area contributed by atoms with Crippen molar-refractivity contribution in [1.29, 1.82) is 0 Å². The standard InChI is InChI=1S/C18H14Cl2F6N2O2/c1-16(30,18(24,25)26)11-6-12(19)14(13(20)7-11)28-15(29)27-8-9-2-4-10(5-3-9)17(21,22)23/h2-7,30H,8H2,1H3,(H2,27,28,29)/t16-/m0/s1. The van der Waals surface area contributed by atoms with Crippen LogP contribution in [0.2, 0.25) is 10.0 Å². The molecule has 3 N–H and O–H groups in total. The minimum absolute atomic E-state index is 0.139. The van der Waals surface area contributed by atoms with Crippen molar-refractivity contribution < 1.29 is 36.2 Å². The van der Waals surface area contributed by atoms with Crippen molar-refractivity contribution >= 4 is 34.9 Å². The van der Waals surface area contributed by atoms with Crippen LogP contribution >= 0.6 is 23.2 Å². The predicted molar refractivity (Wildman–Crippen MR) is 99.4 cm³/mol. The number of hydrogen-bond donors (Lipinski definition) is 3. The normalized spacial score (nSPS) is 14.2. The quantitative estimate of drug-likeness (QED) is 0.468. The maximum absolute atomic E-state index is 13.0. The summed E-state index contributed by atoms with van der Waals surface area (Å²) in [5.74, 6) is 0. The Hall–Kier alpha value is -2.17. The summed E-state index contributed by atoms with van der Waals surface area (Å²) >= 11 is 11.8. The van der Waals surface area contributed by atoms with Crippen molar-refractivity contribution in [3.05, 3.63) is 63.1 Å². The molecule has 0 saturated carbocycles. The van der Waals surface area contributed by atoms with E-state index in [9.17, 15) is 36.2 Å². The van der Waals surface area contributed by atoms with Gasteiger partial charge in [0.2, 0.25) is 0 Å². The molecule has 2 aromatic rings. The molecule has 0 bridgehead atoms. The van der Waals surface area contributed by atoms with Gasteiger partial charge in [-0.05, 0) is 42.3 Å². The second-order valence-corrected chi connectivity index (χ2v) is 7.20. The zero-order valence-corrected chi connectivity index (χ0v) is 16.6. The van der Waals surface area contributed by atoms with Crippen molar-refractivity contribution in [2.45, 2.75) is 31.4 Å². The molecule has 0 aliphatic carbocycles. The molecule has 2 amide bonds. The van der Waals surface area contributed by atoms with Crippen LogP contribution in [0.4, 0.5) is 36.8 Å².